The molecule has 0 aliphatic heterocycles. The Morgan fingerprint density at radius 2 is 0.500 bits per heavy atom. The monoisotopic (exact) mass is 428 g/mol. The molecule has 0 aromatic rings. The van der Waals surface area contributed by atoms with E-state index in [1.54, 1.807) is 0 Å². The first kappa shape index (κ1) is 32.7. The molecule has 0 spiro atoms. The maximum atomic E-state index is 8.66. The van der Waals surface area contributed by atoms with Crippen LogP contribution in [0.2, 0.25) is 111 Å². The van der Waals surface area contributed by atoms with Gasteiger partial charge in [0.05, 0.1) is 0 Å². The van der Waals surface area contributed by atoms with Gasteiger partial charge in [0.15, 0.2) is 25.0 Å². The molecule has 0 atom stereocenters. The van der Waals surface area contributed by atoms with E-state index in [2.05, 4.69) is 91.7 Å². The van der Waals surface area contributed by atoms with Gasteiger partial charge in [-0.3, -0.25) is 0 Å². The zero-order valence-electron chi connectivity index (χ0n) is 20.4. The molecule has 2 nitrogen and oxygen atoms in total. The first-order chi connectivity index (χ1) is 9.71. The quantitative estimate of drug-likeness (QED) is 0.464. The van der Waals surface area contributed by atoms with Gasteiger partial charge in [-0.05, 0) is 58.9 Å². The lowest BCUT2D eigenvalue weighted by atomic mass is 11.8. The second-order valence-corrected chi connectivity index (χ2v) is 38.1. The van der Waals surface area contributed by atoms with Crippen LogP contribution in [0.4, 0.5) is 0 Å². The van der Waals surface area contributed by atoms with Crippen molar-refractivity contribution >= 4 is 41.1 Å². The molecule has 0 radical (unpaired) electrons. The molecule has 0 fully saturated rings. The van der Waals surface area contributed by atoms with Crippen molar-refractivity contribution in [1.82, 2.24) is 0 Å². The molecule has 0 saturated heterocycles. The van der Waals surface area contributed by atoms with Gasteiger partial charge in [-0.2, -0.15) is 0 Å². The zero-order valence-corrected chi connectivity index (χ0v) is 25.4. The SMILES string of the molecule is C[Si](C)(C)C.C[Si](C)(C)C.C[Si](C)(C)O.C[Si](C)(C)O[Si](C)(C)C. The number of hydrogen-bond acceptors (Lipinski definition) is 2. The Balaban J connectivity index is -0.000000116. The molecule has 0 heterocycles. The van der Waals surface area contributed by atoms with Crippen LogP contribution in [-0.2, 0) is 4.12 Å². The van der Waals surface area contributed by atoms with Gasteiger partial charge in [0.1, 0.15) is 0 Å². The minimum Gasteiger partial charge on any atom is -0.456 e. The van der Waals surface area contributed by atoms with Crippen molar-refractivity contribution < 1.29 is 8.91 Å². The van der Waals surface area contributed by atoms with Crippen LogP contribution in [-0.4, -0.2) is 45.9 Å². The van der Waals surface area contributed by atoms with Crippen molar-refractivity contribution in [3.05, 3.63) is 0 Å². The van der Waals surface area contributed by atoms with Gasteiger partial charge in [-0.15, -0.1) is 0 Å². The van der Waals surface area contributed by atoms with Gasteiger partial charge < -0.3 is 8.91 Å². The Kier molecular flexibility index (Phi) is 16.9. The van der Waals surface area contributed by atoms with Gasteiger partial charge >= 0.3 is 0 Å². The lowest BCUT2D eigenvalue weighted by Gasteiger charge is -2.27. The van der Waals surface area contributed by atoms with Crippen LogP contribution in [0, 0.1) is 0 Å². The lowest BCUT2D eigenvalue weighted by Crippen LogP contribution is -2.39. The number of hydrogen-bond donors (Lipinski definition) is 1. The van der Waals surface area contributed by atoms with Crippen LogP contribution in [0.3, 0.4) is 0 Å². The first-order valence-electron chi connectivity index (χ1n) is 9.13. The van der Waals surface area contributed by atoms with Crippen LogP contribution in [0.1, 0.15) is 0 Å². The summed E-state index contributed by atoms with van der Waals surface area (Å²) in [5.74, 6) is 0. The Morgan fingerprint density at radius 1 is 0.417 bits per heavy atom. The molecule has 1 N–H and O–H groups in total. The summed E-state index contributed by atoms with van der Waals surface area (Å²) in [6.45, 7) is 37.7. The Labute approximate surface area is 161 Å². The van der Waals surface area contributed by atoms with Crippen molar-refractivity contribution in [3.8, 4) is 0 Å². The fourth-order valence-corrected chi connectivity index (χ4v) is 8.27. The third kappa shape index (κ3) is 227. The summed E-state index contributed by atoms with van der Waals surface area (Å²) >= 11 is 0. The van der Waals surface area contributed by atoms with E-state index >= 15 is 0 Å². The predicted octanol–water partition coefficient (Wildman–Crippen LogP) is 7.40. The Morgan fingerprint density at radius 3 is 0.500 bits per heavy atom. The van der Waals surface area contributed by atoms with Gasteiger partial charge in [0.25, 0.3) is 0 Å². The van der Waals surface area contributed by atoms with Crippen LogP contribution >= 0.6 is 0 Å². The van der Waals surface area contributed by atoms with Gasteiger partial charge in [0.2, 0.25) is 0 Å². The summed E-state index contributed by atoms with van der Waals surface area (Å²) in [6.07, 6.45) is 0. The molecule has 0 rings (SSSR count). The molecular weight excluding hydrogens is 377 g/mol. The molecular formula is C17H52O2Si5. The van der Waals surface area contributed by atoms with Crippen LogP contribution in [0.25, 0.3) is 0 Å². The average Bonchev–Trinajstić information content (AvgIpc) is 1.80. The minimum absolute atomic E-state index is 0.611. The van der Waals surface area contributed by atoms with E-state index in [1.807, 2.05) is 19.6 Å². The average molecular weight is 429 g/mol. The highest BCUT2D eigenvalue weighted by atomic mass is 28.4. The molecule has 24 heavy (non-hydrogen) atoms. The topological polar surface area (TPSA) is 29.5 Å². The Bertz CT molecular complexity index is 228. The summed E-state index contributed by atoms with van der Waals surface area (Å²) in [6, 6.07) is 0. The van der Waals surface area contributed by atoms with Crippen molar-refractivity contribution in [2.24, 2.45) is 0 Å². The maximum absolute atomic E-state index is 8.66. The summed E-state index contributed by atoms with van der Waals surface area (Å²) in [5, 5.41) is 0. The van der Waals surface area contributed by atoms with Crippen LogP contribution < -0.4 is 0 Å². The van der Waals surface area contributed by atoms with Gasteiger partial charge in [-0.25, -0.2) is 0 Å². The lowest BCUT2D eigenvalue weighted by molar-refractivity contribution is 0.558. The third-order valence-electron chi connectivity index (χ3n) is 0.612. The summed E-state index contributed by atoms with van der Waals surface area (Å²) in [7, 11) is -5.30. The summed E-state index contributed by atoms with van der Waals surface area (Å²) in [5.41, 5.74) is 0. The van der Waals surface area contributed by atoms with Crippen molar-refractivity contribution in [3.63, 3.8) is 0 Å². The molecule has 0 saturated carbocycles. The molecule has 0 aromatic heterocycles. The molecule has 0 bridgehead atoms. The molecule has 0 aliphatic rings. The fourth-order valence-electron chi connectivity index (χ4n) is 0.919. The third-order valence-corrected chi connectivity index (χ3v) is 5.51. The highest BCUT2D eigenvalue weighted by molar-refractivity contribution is 6.83. The van der Waals surface area contributed by atoms with Crippen molar-refractivity contribution in [1.29, 1.82) is 0 Å². The first-order valence-corrected chi connectivity index (χ1v) is 27.4. The largest absolute Gasteiger partial charge is 0.456 e. The molecule has 0 unspecified atom stereocenters. The van der Waals surface area contributed by atoms with Gasteiger partial charge in [-0.1, -0.05) is 52.4 Å². The van der Waals surface area contributed by atoms with E-state index in [9.17, 15) is 0 Å². The smallest absolute Gasteiger partial charge is 0.179 e. The van der Waals surface area contributed by atoms with Crippen molar-refractivity contribution in [2.75, 3.05) is 0 Å². The van der Waals surface area contributed by atoms with E-state index in [4.69, 9.17) is 8.91 Å². The predicted molar refractivity (Wildman–Crippen MR) is 132 cm³/mol. The molecule has 7 heteroatoms. The summed E-state index contributed by atoms with van der Waals surface area (Å²) in [4.78, 5) is 8.66. The van der Waals surface area contributed by atoms with E-state index in [0.29, 0.717) is 0 Å². The molecule has 0 aliphatic carbocycles. The Hall–Kier alpha value is 1.00. The van der Waals surface area contributed by atoms with E-state index in [1.165, 1.54) is 0 Å². The molecule has 152 valence electrons. The van der Waals surface area contributed by atoms with Crippen molar-refractivity contribution in [2.45, 2.75) is 111 Å². The second kappa shape index (κ2) is 12.4. The normalized spacial score (nSPS) is 12.8. The van der Waals surface area contributed by atoms with Gasteiger partial charge in [0, 0.05) is 16.1 Å². The minimum atomic E-state index is -1.61. The summed E-state index contributed by atoms with van der Waals surface area (Å²) < 4.78 is 5.90. The highest BCUT2D eigenvalue weighted by Gasteiger charge is 2.24. The van der Waals surface area contributed by atoms with E-state index in [0.717, 1.165) is 0 Å². The van der Waals surface area contributed by atoms with E-state index in [-0.39, 0.29) is 0 Å². The van der Waals surface area contributed by atoms with E-state index < -0.39 is 41.1 Å². The van der Waals surface area contributed by atoms with Crippen LogP contribution in [0.15, 0.2) is 0 Å². The fraction of sp³-hybridized carbons (Fsp3) is 1.00. The zero-order chi connectivity index (χ0) is 21.2. The molecule has 0 aromatic carbocycles. The standard InChI is InChI=1S/C6H18OSi2.2C4H12Si.C3H10OSi/c1-8(2,3)7-9(4,5)6;3*1-5(2,3)4/h1-6H3;2*1-4H3;4H,1-3H3. The second-order valence-electron chi connectivity index (χ2n) is 12.5. The van der Waals surface area contributed by atoms with Crippen LogP contribution in [0.5, 0.6) is 0 Å². The molecule has 0 amide bonds. The number of rotatable bonds is 2. The highest BCUT2D eigenvalue weighted by Crippen LogP contribution is 2.12. The maximum Gasteiger partial charge on any atom is 0.179 e.